The molecule has 0 saturated heterocycles. The lowest BCUT2D eigenvalue weighted by Gasteiger charge is -2.46. The second-order valence-electron chi connectivity index (χ2n) is 7.32. The van der Waals surface area contributed by atoms with E-state index in [1.165, 1.54) is 40.6 Å². The quantitative estimate of drug-likeness (QED) is 0.844. The molecule has 136 valence electrons. The van der Waals surface area contributed by atoms with Gasteiger partial charge in [-0.15, -0.1) is 0 Å². The fourth-order valence-electron chi connectivity index (χ4n) is 3.85. The number of hydrogen-bond donors (Lipinski definition) is 0. The van der Waals surface area contributed by atoms with Crippen LogP contribution in [0.4, 0.5) is 4.79 Å². The Balaban J connectivity index is 2.00. The van der Waals surface area contributed by atoms with Crippen LogP contribution in [-0.4, -0.2) is 42.1 Å². The van der Waals surface area contributed by atoms with Gasteiger partial charge in [-0.05, 0) is 22.8 Å². The molecule has 0 unspecified atom stereocenters. The minimum Gasteiger partial charge on any atom is -0.452 e. The van der Waals surface area contributed by atoms with Gasteiger partial charge in [0, 0.05) is 24.7 Å². The molecule has 1 heterocycles. The predicted molar refractivity (Wildman–Crippen MR) is 101 cm³/mol. The second-order valence-corrected chi connectivity index (χ2v) is 7.32. The maximum absolute atomic E-state index is 12.3. The van der Waals surface area contributed by atoms with Gasteiger partial charge in [0.15, 0.2) is 0 Å². The maximum atomic E-state index is 12.3. The molecule has 0 radical (unpaired) electrons. The first-order valence-electron chi connectivity index (χ1n) is 8.63. The number of carbonyl (C=O) groups excluding carboxylic acids is 2. The van der Waals surface area contributed by atoms with Crippen molar-refractivity contribution in [3.8, 4) is 0 Å². The van der Waals surface area contributed by atoms with Crippen molar-refractivity contribution in [2.45, 2.75) is 26.4 Å². The van der Waals surface area contributed by atoms with E-state index in [1.54, 1.807) is 11.9 Å². The van der Waals surface area contributed by atoms with Crippen LogP contribution in [0.3, 0.4) is 0 Å². The highest BCUT2D eigenvalue weighted by molar-refractivity contribution is 5.90. The summed E-state index contributed by atoms with van der Waals surface area (Å²) < 4.78 is 4.92. The summed E-state index contributed by atoms with van der Waals surface area (Å²) in [5.41, 5.74) is 0.793. The predicted octanol–water partition coefficient (Wildman–Crippen LogP) is 3.79. The normalized spacial score (nSPS) is 17.7. The van der Waals surface area contributed by atoms with Crippen LogP contribution in [0.5, 0.6) is 0 Å². The zero-order valence-electron chi connectivity index (χ0n) is 15.6. The summed E-state index contributed by atoms with van der Waals surface area (Å²) in [5.74, 6) is -0.124. The van der Waals surface area contributed by atoms with Crippen molar-refractivity contribution in [2.24, 2.45) is 5.41 Å². The molecule has 1 atom stereocenters. The molecule has 2 aromatic carbocycles. The molecular formula is C21H24N2O3. The van der Waals surface area contributed by atoms with Crippen LogP contribution in [-0.2, 0) is 16.0 Å². The first-order valence-corrected chi connectivity index (χ1v) is 8.63. The molecule has 0 saturated carbocycles. The van der Waals surface area contributed by atoms with Crippen molar-refractivity contribution >= 4 is 22.8 Å². The first kappa shape index (κ1) is 18.0. The van der Waals surface area contributed by atoms with Gasteiger partial charge in [-0.1, -0.05) is 56.3 Å². The molecule has 0 aromatic heterocycles. The zero-order valence-corrected chi connectivity index (χ0v) is 15.6. The average Bonchev–Trinajstić information content (AvgIpc) is 2.63. The molecule has 0 fully saturated rings. The van der Waals surface area contributed by atoms with Gasteiger partial charge in [-0.2, -0.15) is 0 Å². The van der Waals surface area contributed by atoms with Crippen LogP contribution in [0.25, 0.3) is 10.8 Å². The molecule has 1 aliphatic heterocycles. The van der Waals surface area contributed by atoms with Crippen LogP contribution in [0, 0.1) is 5.41 Å². The first-order chi connectivity index (χ1) is 12.3. The number of methoxy groups -OCH3 is 1. The second kappa shape index (κ2) is 6.83. The summed E-state index contributed by atoms with van der Waals surface area (Å²) in [4.78, 5) is 27.6. The van der Waals surface area contributed by atoms with Crippen LogP contribution in [0.2, 0.25) is 0 Å². The van der Waals surface area contributed by atoms with Gasteiger partial charge in [0.05, 0.1) is 7.11 Å². The van der Waals surface area contributed by atoms with Crippen molar-refractivity contribution in [1.29, 1.82) is 0 Å². The van der Waals surface area contributed by atoms with E-state index in [9.17, 15) is 9.59 Å². The van der Waals surface area contributed by atoms with E-state index in [4.69, 9.17) is 4.74 Å². The highest BCUT2D eigenvalue weighted by Gasteiger charge is 2.42. The van der Waals surface area contributed by atoms with Gasteiger partial charge < -0.3 is 9.64 Å². The van der Waals surface area contributed by atoms with E-state index in [1.807, 2.05) is 18.2 Å². The van der Waals surface area contributed by atoms with Gasteiger partial charge in [0.2, 0.25) is 5.91 Å². The van der Waals surface area contributed by atoms with Gasteiger partial charge in [0.1, 0.15) is 6.17 Å². The third-order valence-electron chi connectivity index (χ3n) is 4.97. The highest BCUT2D eigenvalue weighted by atomic mass is 16.5. The molecule has 0 N–H and O–H groups in total. The third-order valence-corrected chi connectivity index (χ3v) is 4.97. The van der Waals surface area contributed by atoms with E-state index >= 15 is 0 Å². The number of nitrogens with zero attached hydrogens (tertiary/aromatic N) is 2. The Labute approximate surface area is 153 Å². The van der Waals surface area contributed by atoms with E-state index in [0.717, 1.165) is 0 Å². The fourth-order valence-corrected chi connectivity index (χ4v) is 3.85. The maximum Gasteiger partial charge on any atom is 0.415 e. The molecular weight excluding hydrogens is 328 g/mol. The van der Waals surface area contributed by atoms with E-state index in [-0.39, 0.29) is 5.91 Å². The van der Waals surface area contributed by atoms with Crippen LogP contribution >= 0.6 is 0 Å². The molecule has 0 spiro atoms. The van der Waals surface area contributed by atoms with Crippen LogP contribution in [0.1, 0.15) is 19.4 Å². The minimum absolute atomic E-state index is 0.124. The lowest BCUT2D eigenvalue weighted by atomic mass is 9.79. The van der Waals surface area contributed by atoms with Crippen molar-refractivity contribution < 1.29 is 14.3 Å². The topological polar surface area (TPSA) is 49.9 Å². The van der Waals surface area contributed by atoms with E-state index in [0.29, 0.717) is 6.42 Å². The number of benzene rings is 2. The Morgan fingerprint density at radius 1 is 1.15 bits per heavy atom. The Hall–Kier alpha value is -2.82. The number of likely N-dealkylation sites (N-methyl/N-ethyl adjacent to an activating group) is 1. The standard InChI is InChI=1S/C21H24N2O3/c1-21(2,14-16-10-7-9-15-8-5-6-11-17(15)16)19-22(3)18(24)12-13-23(19)20(25)26-4/h5-13,19H,14H2,1-4H3/t19-/m0/s1. The molecule has 1 aliphatic rings. The number of carbonyl (C=O) groups is 2. The number of ether oxygens (including phenoxy) is 1. The largest absolute Gasteiger partial charge is 0.452 e. The molecule has 0 bridgehead atoms. The lowest BCUT2D eigenvalue weighted by molar-refractivity contribution is -0.135. The zero-order chi connectivity index (χ0) is 18.9. The fraction of sp³-hybridized carbons (Fsp3) is 0.333. The molecule has 3 rings (SSSR count). The summed E-state index contributed by atoms with van der Waals surface area (Å²) in [6.07, 6.45) is 2.70. The number of fused-ring (bicyclic) bond motifs is 1. The molecule has 2 amide bonds. The SMILES string of the molecule is COC(=O)N1C=CC(=O)N(C)[C@@H]1C(C)(C)Cc1cccc2ccccc12. The van der Waals surface area contributed by atoms with Crippen molar-refractivity contribution in [3.05, 3.63) is 60.3 Å². The average molecular weight is 352 g/mol. The van der Waals surface area contributed by atoms with E-state index < -0.39 is 17.7 Å². The van der Waals surface area contributed by atoms with Crippen LogP contribution in [0.15, 0.2) is 54.7 Å². The van der Waals surface area contributed by atoms with Crippen molar-refractivity contribution in [2.75, 3.05) is 14.2 Å². The minimum atomic E-state index is -0.475. The Kier molecular flexibility index (Phi) is 4.72. The molecule has 26 heavy (non-hydrogen) atoms. The van der Waals surface area contributed by atoms with Gasteiger partial charge >= 0.3 is 6.09 Å². The number of rotatable bonds is 3. The number of amides is 2. The molecule has 5 heteroatoms. The summed E-state index contributed by atoms with van der Waals surface area (Å²) in [5, 5.41) is 2.37. The Bertz CT molecular complexity index is 867. The van der Waals surface area contributed by atoms with Crippen LogP contribution < -0.4 is 0 Å². The lowest BCUT2D eigenvalue weighted by Crippen LogP contribution is -2.59. The molecule has 2 aromatic rings. The van der Waals surface area contributed by atoms with Gasteiger partial charge in [0.25, 0.3) is 0 Å². The monoisotopic (exact) mass is 352 g/mol. The van der Waals surface area contributed by atoms with Gasteiger partial charge in [-0.25, -0.2) is 4.79 Å². The molecule has 5 nitrogen and oxygen atoms in total. The summed E-state index contributed by atoms with van der Waals surface area (Å²) in [7, 11) is 3.07. The number of hydrogen-bond acceptors (Lipinski definition) is 3. The summed E-state index contributed by atoms with van der Waals surface area (Å²) >= 11 is 0. The van der Waals surface area contributed by atoms with Gasteiger partial charge in [-0.3, -0.25) is 9.69 Å². The molecule has 0 aliphatic carbocycles. The Morgan fingerprint density at radius 2 is 1.85 bits per heavy atom. The van der Waals surface area contributed by atoms with Crippen molar-refractivity contribution in [1.82, 2.24) is 9.80 Å². The van der Waals surface area contributed by atoms with E-state index in [2.05, 4.69) is 38.1 Å². The summed E-state index contributed by atoms with van der Waals surface area (Å²) in [6, 6.07) is 14.5. The smallest absolute Gasteiger partial charge is 0.415 e. The third kappa shape index (κ3) is 3.17. The Morgan fingerprint density at radius 3 is 2.58 bits per heavy atom. The highest BCUT2D eigenvalue weighted by Crippen LogP contribution is 2.35. The van der Waals surface area contributed by atoms with Crippen molar-refractivity contribution in [3.63, 3.8) is 0 Å². The summed E-state index contributed by atoms with van der Waals surface area (Å²) in [6.45, 7) is 4.14.